The van der Waals surface area contributed by atoms with E-state index in [2.05, 4.69) is 83.1 Å². The molecule has 0 aliphatic carbocycles. The first kappa shape index (κ1) is 40.8. The van der Waals surface area contributed by atoms with Crippen molar-refractivity contribution in [3.63, 3.8) is 0 Å². The van der Waals surface area contributed by atoms with Crippen LogP contribution in [0.3, 0.4) is 0 Å². The number of aryl methyl sites for hydroxylation is 2. The van der Waals surface area contributed by atoms with E-state index in [-0.39, 0.29) is 47.9 Å². The van der Waals surface area contributed by atoms with E-state index in [1.807, 2.05) is 59.9 Å². The van der Waals surface area contributed by atoms with Gasteiger partial charge < -0.3 is 13.9 Å². The van der Waals surface area contributed by atoms with Gasteiger partial charge in [-0.1, -0.05) is 91.5 Å². The van der Waals surface area contributed by atoms with Gasteiger partial charge in [-0.3, -0.25) is 9.78 Å². The number of ketones is 1. The van der Waals surface area contributed by atoms with E-state index < -0.39 is 0 Å². The molecule has 5 nitrogen and oxygen atoms in total. The van der Waals surface area contributed by atoms with Crippen LogP contribution in [0.25, 0.3) is 55.3 Å². The number of aliphatic hydroxyl groups excluding tert-OH is 1. The predicted molar refractivity (Wildman–Crippen MR) is 212 cm³/mol. The number of carbonyl (C=O) groups is 1. The standard InChI is InChI=1S/C31H26NO2.C15H28O2.Ir/c1-18-17-33-26-11-10-21(15-24(18)26)30-19(2)28-27(34-30)12-13-32-29(28)22-14-20-8-6-7-9-23(20)25(16-22)31(3,4)5;1-7-14(5,8-2)12(16)11-13(17)15(6,9-3)10-4;/h6-13,15-17H,1-5H3;11,16H,7-10H2,1-6H3;/q-1;;/b;12-11-;. The number of aliphatic hydroxyl groups is 1. The Hall–Kier alpha value is -3.99. The Balaban J connectivity index is 0.000000289. The number of carbonyl (C=O) groups excluding carboxylic acids is 1. The molecule has 0 bridgehead atoms. The molecule has 0 saturated carbocycles. The number of hydrogen-bond donors (Lipinski definition) is 1. The van der Waals surface area contributed by atoms with Crippen molar-refractivity contribution in [3.8, 4) is 22.6 Å². The molecule has 6 heteroatoms. The molecule has 6 aromatic rings. The van der Waals surface area contributed by atoms with Gasteiger partial charge in [0, 0.05) is 65.2 Å². The van der Waals surface area contributed by atoms with Crippen LogP contribution in [0.15, 0.2) is 87.7 Å². The third kappa shape index (κ3) is 7.84. The second-order valence-electron chi connectivity index (χ2n) is 15.5. The molecule has 3 aromatic carbocycles. The minimum atomic E-state index is -0.337. The maximum absolute atomic E-state index is 12.2. The van der Waals surface area contributed by atoms with Crippen LogP contribution in [-0.4, -0.2) is 15.9 Å². The van der Waals surface area contributed by atoms with Gasteiger partial charge >= 0.3 is 0 Å². The Bertz CT molecular complexity index is 2220. The van der Waals surface area contributed by atoms with Crippen LogP contribution in [0.4, 0.5) is 0 Å². The Morgan fingerprint density at radius 2 is 1.50 bits per heavy atom. The Labute approximate surface area is 323 Å². The average molecular weight is 877 g/mol. The zero-order valence-electron chi connectivity index (χ0n) is 32.7. The van der Waals surface area contributed by atoms with E-state index in [0.717, 1.165) is 86.7 Å². The van der Waals surface area contributed by atoms with Gasteiger partial charge in [0.15, 0.2) is 5.78 Å². The number of allylic oxidation sites excluding steroid dienone is 2. The first-order valence-electron chi connectivity index (χ1n) is 18.4. The number of fused-ring (bicyclic) bond motifs is 3. The Morgan fingerprint density at radius 3 is 2.13 bits per heavy atom. The second kappa shape index (κ2) is 15.9. The molecule has 0 spiro atoms. The molecular formula is C46H54IrNO4-. The van der Waals surface area contributed by atoms with Crippen LogP contribution in [0, 0.1) is 30.7 Å². The first-order chi connectivity index (χ1) is 24.1. The van der Waals surface area contributed by atoms with Crippen molar-refractivity contribution in [2.45, 2.75) is 107 Å². The fourth-order valence-corrected chi connectivity index (χ4v) is 6.63. The number of hydrogen-bond acceptors (Lipinski definition) is 5. The fourth-order valence-electron chi connectivity index (χ4n) is 6.63. The fraction of sp³-hybridized carbons (Fsp3) is 0.391. The van der Waals surface area contributed by atoms with Gasteiger partial charge in [0.05, 0.1) is 6.26 Å². The summed E-state index contributed by atoms with van der Waals surface area (Å²) in [7, 11) is 0. The molecule has 0 saturated heterocycles. The van der Waals surface area contributed by atoms with Crippen molar-refractivity contribution in [3.05, 3.63) is 102 Å². The SMILES string of the molecule is CCC(C)(CC)C(=O)/C=C(\O)C(C)(CC)CC.Cc1coc2ccc(-c3oc4ccnc(-c5[c-]c6ccccc6c(C(C)(C)C)c5)c4c3C)cc12.[Ir]. The number of nitrogens with zero attached hydrogens (tertiary/aromatic N) is 1. The van der Waals surface area contributed by atoms with E-state index >= 15 is 0 Å². The van der Waals surface area contributed by atoms with Crippen LogP contribution in [0.1, 0.15) is 105 Å². The van der Waals surface area contributed by atoms with Crippen LogP contribution in [-0.2, 0) is 30.3 Å². The summed E-state index contributed by atoms with van der Waals surface area (Å²) in [5.41, 5.74) is 7.53. The monoisotopic (exact) mass is 877 g/mol. The summed E-state index contributed by atoms with van der Waals surface area (Å²) in [6.07, 6.45) is 8.38. The largest absolute Gasteiger partial charge is 0.512 e. The molecule has 3 aromatic heterocycles. The van der Waals surface area contributed by atoms with Gasteiger partial charge in [0.1, 0.15) is 22.7 Å². The average Bonchev–Trinajstić information content (AvgIpc) is 3.68. The molecule has 277 valence electrons. The molecule has 0 unspecified atom stereocenters. The zero-order valence-corrected chi connectivity index (χ0v) is 35.1. The van der Waals surface area contributed by atoms with Gasteiger partial charge in [-0.05, 0) is 80.3 Å². The first-order valence-corrected chi connectivity index (χ1v) is 18.4. The topological polar surface area (TPSA) is 76.5 Å². The summed E-state index contributed by atoms with van der Waals surface area (Å²) >= 11 is 0. The van der Waals surface area contributed by atoms with Crippen molar-refractivity contribution >= 4 is 38.5 Å². The van der Waals surface area contributed by atoms with Gasteiger partial charge in [-0.2, -0.15) is 0 Å². The molecule has 1 radical (unpaired) electrons. The summed E-state index contributed by atoms with van der Waals surface area (Å²) in [4.78, 5) is 17.0. The van der Waals surface area contributed by atoms with Crippen molar-refractivity contribution in [1.29, 1.82) is 0 Å². The molecule has 0 aliphatic heterocycles. The third-order valence-electron chi connectivity index (χ3n) is 11.3. The number of furan rings is 2. The molecule has 3 heterocycles. The summed E-state index contributed by atoms with van der Waals surface area (Å²) in [6, 6.07) is 22.5. The van der Waals surface area contributed by atoms with E-state index in [1.165, 1.54) is 17.0 Å². The maximum Gasteiger partial charge on any atom is 0.164 e. The van der Waals surface area contributed by atoms with E-state index in [4.69, 9.17) is 13.8 Å². The van der Waals surface area contributed by atoms with Crippen LogP contribution >= 0.6 is 0 Å². The number of aromatic nitrogens is 1. The molecule has 0 aliphatic rings. The van der Waals surface area contributed by atoms with Gasteiger partial charge in [-0.15, -0.1) is 29.1 Å². The zero-order chi connectivity index (χ0) is 37.3. The quantitative estimate of drug-likeness (QED) is 0.0889. The molecule has 6 rings (SSSR count). The number of rotatable bonds is 9. The van der Waals surface area contributed by atoms with Crippen LogP contribution < -0.4 is 0 Å². The van der Waals surface area contributed by atoms with E-state index in [0.29, 0.717) is 0 Å². The van der Waals surface area contributed by atoms with Gasteiger partial charge in [0.25, 0.3) is 0 Å². The molecule has 0 atom stereocenters. The number of pyridine rings is 1. The van der Waals surface area contributed by atoms with Crippen molar-refractivity contribution in [2.75, 3.05) is 0 Å². The predicted octanol–water partition coefficient (Wildman–Crippen LogP) is 13.4. The van der Waals surface area contributed by atoms with E-state index in [9.17, 15) is 9.90 Å². The summed E-state index contributed by atoms with van der Waals surface area (Å²) in [5, 5.41) is 14.6. The van der Waals surface area contributed by atoms with Gasteiger partial charge in [0.2, 0.25) is 0 Å². The minimum Gasteiger partial charge on any atom is -0.512 e. The summed E-state index contributed by atoms with van der Waals surface area (Å²) in [6.45, 7) is 23.0. The molecule has 52 heavy (non-hydrogen) atoms. The van der Waals surface area contributed by atoms with Crippen molar-refractivity contribution < 1.29 is 38.8 Å². The molecule has 0 amide bonds. The normalized spacial score (nSPS) is 12.6. The smallest absolute Gasteiger partial charge is 0.164 e. The third-order valence-corrected chi connectivity index (χ3v) is 11.3. The second-order valence-corrected chi connectivity index (χ2v) is 15.5. The van der Waals surface area contributed by atoms with Crippen LogP contribution in [0.2, 0.25) is 0 Å². The van der Waals surface area contributed by atoms with Crippen molar-refractivity contribution in [1.82, 2.24) is 4.98 Å². The molecule has 0 fully saturated rings. The van der Waals surface area contributed by atoms with Crippen molar-refractivity contribution in [2.24, 2.45) is 10.8 Å². The Kier molecular flexibility index (Phi) is 12.5. The summed E-state index contributed by atoms with van der Waals surface area (Å²) < 4.78 is 12.0. The van der Waals surface area contributed by atoms with Gasteiger partial charge in [-0.25, -0.2) is 0 Å². The van der Waals surface area contributed by atoms with Crippen LogP contribution in [0.5, 0.6) is 0 Å². The Morgan fingerprint density at radius 1 is 0.846 bits per heavy atom. The molecule has 1 N–H and O–H groups in total. The summed E-state index contributed by atoms with van der Waals surface area (Å²) in [5.74, 6) is 1.15. The minimum absolute atomic E-state index is 0. The number of benzene rings is 3. The maximum atomic E-state index is 12.2. The molecular weight excluding hydrogens is 823 g/mol. The van der Waals surface area contributed by atoms with E-state index in [1.54, 1.807) is 6.26 Å².